The van der Waals surface area contributed by atoms with E-state index in [1.165, 1.54) is 0 Å². The number of hydrogen-bond donors (Lipinski definition) is 2. The first-order valence-corrected chi connectivity index (χ1v) is 7.32. The minimum absolute atomic E-state index is 0.248. The minimum atomic E-state index is -0.692. The van der Waals surface area contributed by atoms with Crippen molar-refractivity contribution in [2.24, 2.45) is 11.3 Å². The van der Waals surface area contributed by atoms with Crippen LogP contribution in [-0.4, -0.2) is 48.7 Å². The van der Waals surface area contributed by atoms with Crippen LogP contribution in [0.2, 0.25) is 0 Å². The van der Waals surface area contributed by atoms with E-state index in [1.807, 2.05) is 0 Å². The Morgan fingerprint density at radius 3 is 2.58 bits per heavy atom. The average Bonchev–Trinajstić information content (AvgIpc) is 2.67. The number of nitrogens with one attached hydrogen (secondary N) is 1. The molecule has 0 aliphatic heterocycles. The molecule has 4 heteroatoms. The fraction of sp³-hybridized carbons (Fsp3) is 0.933. The number of carbonyl (C=O) groups is 1. The number of nitrogens with zero attached hydrogens (tertiary/aromatic N) is 1. The maximum Gasteiger partial charge on any atom is 0.324 e. The van der Waals surface area contributed by atoms with Crippen molar-refractivity contribution >= 4 is 5.97 Å². The van der Waals surface area contributed by atoms with Crippen molar-refractivity contribution in [1.29, 1.82) is 0 Å². The zero-order valence-electron chi connectivity index (χ0n) is 13.1. The molecule has 2 N–H and O–H groups in total. The molecule has 19 heavy (non-hydrogen) atoms. The number of hydrogen-bond acceptors (Lipinski definition) is 3. The summed E-state index contributed by atoms with van der Waals surface area (Å²) in [5.74, 6) is -0.437. The SMILES string of the molecule is CNC1(C(=O)O)CCCC1CCN(C)CC(C)(C)C. The fourth-order valence-electron chi connectivity index (χ4n) is 3.45. The quantitative estimate of drug-likeness (QED) is 0.777. The van der Waals surface area contributed by atoms with Gasteiger partial charge in [-0.15, -0.1) is 0 Å². The molecule has 0 aromatic heterocycles. The molecule has 0 bridgehead atoms. The Hall–Kier alpha value is -0.610. The lowest BCUT2D eigenvalue weighted by atomic mass is 9.84. The van der Waals surface area contributed by atoms with Gasteiger partial charge in [-0.1, -0.05) is 27.2 Å². The molecule has 0 aromatic rings. The van der Waals surface area contributed by atoms with Crippen molar-refractivity contribution in [3.05, 3.63) is 0 Å². The van der Waals surface area contributed by atoms with Gasteiger partial charge in [0.1, 0.15) is 5.54 Å². The topological polar surface area (TPSA) is 52.6 Å². The molecule has 0 amide bonds. The van der Waals surface area contributed by atoms with Gasteiger partial charge in [0.05, 0.1) is 0 Å². The van der Waals surface area contributed by atoms with Gasteiger partial charge in [-0.2, -0.15) is 0 Å². The smallest absolute Gasteiger partial charge is 0.324 e. The Bertz CT molecular complexity index is 312. The van der Waals surface area contributed by atoms with Gasteiger partial charge in [0, 0.05) is 6.54 Å². The van der Waals surface area contributed by atoms with Crippen LogP contribution in [0.5, 0.6) is 0 Å². The van der Waals surface area contributed by atoms with Crippen LogP contribution in [0.4, 0.5) is 0 Å². The lowest BCUT2D eigenvalue weighted by Crippen LogP contribution is -2.53. The molecule has 1 aliphatic rings. The standard InChI is InChI=1S/C15H30N2O2/c1-14(2,3)11-17(5)10-8-12-7-6-9-15(12,16-4)13(18)19/h12,16H,6-11H2,1-5H3,(H,18,19). The molecule has 2 unspecified atom stereocenters. The van der Waals surface area contributed by atoms with Gasteiger partial charge >= 0.3 is 5.97 Å². The van der Waals surface area contributed by atoms with Crippen LogP contribution in [0.1, 0.15) is 46.5 Å². The van der Waals surface area contributed by atoms with Crippen molar-refractivity contribution in [2.45, 2.75) is 52.0 Å². The van der Waals surface area contributed by atoms with E-state index in [9.17, 15) is 9.90 Å². The van der Waals surface area contributed by atoms with E-state index in [0.29, 0.717) is 0 Å². The molecule has 4 nitrogen and oxygen atoms in total. The fourth-order valence-corrected chi connectivity index (χ4v) is 3.45. The predicted octanol–water partition coefficient (Wildman–Crippen LogP) is 2.20. The van der Waals surface area contributed by atoms with Gasteiger partial charge in [0.25, 0.3) is 0 Å². The van der Waals surface area contributed by atoms with E-state index in [2.05, 4.69) is 38.0 Å². The summed E-state index contributed by atoms with van der Waals surface area (Å²) in [7, 11) is 3.91. The monoisotopic (exact) mass is 270 g/mol. The van der Waals surface area contributed by atoms with Crippen LogP contribution in [0.15, 0.2) is 0 Å². The van der Waals surface area contributed by atoms with Crippen LogP contribution in [0.3, 0.4) is 0 Å². The highest BCUT2D eigenvalue weighted by Crippen LogP contribution is 2.38. The first-order valence-electron chi connectivity index (χ1n) is 7.32. The van der Waals surface area contributed by atoms with Crippen molar-refractivity contribution in [3.8, 4) is 0 Å². The molecule has 1 fully saturated rings. The van der Waals surface area contributed by atoms with Crippen molar-refractivity contribution in [2.75, 3.05) is 27.2 Å². The van der Waals surface area contributed by atoms with E-state index < -0.39 is 11.5 Å². The molecule has 0 aromatic carbocycles. The van der Waals surface area contributed by atoms with Crippen LogP contribution >= 0.6 is 0 Å². The van der Waals surface area contributed by atoms with Crippen LogP contribution in [0, 0.1) is 11.3 Å². The van der Waals surface area contributed by atoms with E-state index in [1.54, 1.807) is 7.05 Å². The number of aliphatic carboxylic acids is 1. The summed E-state index contributed by atoms with van der Waals surface area (Å²) >= 11 is 0. The molecule has 112 valence electrons. The Morgan fingerprint density at radius 2 is 2.11 bits per heavy atom. The molecule has 0 saturated heterocycles. The Kier molecular flexibility index (Phi) is 5.39. The molecular formula is C15H30N2O2. The second-order valence-corrected chi connectivity index (χ2v) is 7.20. The third kappa shape index (κ3) is 4.18. The Balaban J connectivity index is 2.54. The van der Waals surface area contributed by atoms with Crippen molar-refractivity contribution in [3.63, 3.8) is 0 Å². The molecule has 1 aliphatic carbocycles. The highest BCUT2D eigenvalue weighted by molar-refractivity contribution is 5.79. The molecule has 0 radical (unpaired) electrons. The molecule has 0 spiro atoms. The van der Waals surface area contributed by atoms with Gasteiger partial charge in [0.15, 0.2) is 0 Å². The van der Waals surface area contributed by atoms with Crippen molar-refractivity contribution in [1.82, 2.24) is 10.2 Å². The van der Waals surface area contributed by atoms with Crippen LogP contribution in [-0.2, 0) is 4.79 Å². The molecule has 0 heterocycles. The van der Waals surface area contributed by atoms with E-state index in [4.69, 9.17) is 0 Å². The van der Waals surface area contributed by atoms with E-state index in [0.717, 1.165) is 38.8 Å². The lowest BCUT2D eigenvalue weighted by Gasteiger charge is -2.33. The summed E-state index contributed by atoms with van der Waals surface area (Å²) in [6.45, 7) is 8.70. The summed E-state index contributed by atoms with van der Waals surface area (Å²) in [4.78, 5) is 13.9. The summed E-state index contributed by atoms with van der Waals surface area (Å²) in [5.41, 5.74) is -0.403. The second-order valence-electron chi connectivity index (χ2n) is 7.20. The zero-order chi connectivity index (χ0) is 14.7. The maximum absolute atomic E-state index is 11.6. The zero-order valence-corrected chi connectivity index (χ0v) is 13.1. The summed E-state index contributed by atoms with van der Waals surface area (Å²) in [6.07, 6.45) is 3.75. The molecule has 1 saturated carbocycles. The second kappa shape index (κ2) is 6.23. The maximum atomic E-state index is 11.6. The third-order valence-corrected chi connectivity index (χ3v) is 4.25. The first kappa shape index (κ1) is 16.4. The largest absolute Gasteiger partial charge is 0.480 e. The summed E-state index contributed by atoms with van der Waals surface area (Å²) in [5, 5.41) is 12.6. The number of carboxylic acids is 1. The van der Waals surface area contributed by atoms with Crippen molar-refractivity contribution < 1.29 is 9.90 Å². The van der Waals surface area contributed by atoms with Crippen LogP contribution in [0.25, 0.3) is 0 Å². The molecule has 1 rings (SSSR count). The normalized spacial score (nSPS) is 28.0. The number of carboxylic acid groups (broad SMARTS) is 1. The van der Waals surface area contributed by atoms with Gasteiger partial charge in [-0.3, -0.25) is 4.79 Å². The predicted molar refractivity (Wildman–Crippen MR) is 78.3 cm³/mol. The third-order valence-electron chi connectivity index (χ3n) is 4.25. The average molecular weight is 270 g/mol. The van der Waals surface area contributed by atoms with Gasteiger partial charge in [-0.05, 0) is 51.2 Å². The Labute approximate surface area is 117 Å². The van der Waals surface area contributed by atoms with Gasteiger partial charge in [0.2, 0.25) is 0 Å². The summed E-state index contributed by atoms with van der Waals surface area (Å²) in [6, 6.07) is 0. The molecular weight excluding hydrogens is 240 g/mol. The highest BCUT2D eigenvalue weighted by atomic mass is 16.4. The molecule has 2 atom stereocenters. The van der Waals surface area contributed by atoms with E-state index >= 15 is 0 Å². The highest BCUT2D eigenvalue weighted by Gasteiger charge is 2.47. The van der Waals surface area contributed by atoms with Crippen LogP contribution < -0.4 is 5.32 Å². The Morgan fingerprint density at radius 1 is 1.47 bits per heavy atom. The summed E-state index contributed by atoms with van der Waals surface area (Å²) < 4.78 is 0. The van der Waals surface area contributed by atoms with E-state index in [-0.39, 0.29) is 11.3 Å². The first-order chi connectivity index (χ1) is 8.71. The minimum Gasteiger partial charge on any atom is -0.480 e. The van der Waals surface area contributed by atoms with Gasteiger partial charge in [-0.25, -0.2) is 0 Å². The number of rotatable bonds is 6. The van der Waals surface area contributed by atoms with Gasteiger partial charge < -0.3 is 15.3 Å². The number of likely N-dealkylation sites (N-methyl/N-ethyl adjacent to an activating group) is 1. The lowest BCUT2D eigenvalue weighted by molar-refractivity contribution is -0.146.